The zero-order valence-corrected chi connectivity index (χ0v) is 11.1. The monoisotopic (exact) mass is 282 g/mol. The number of carbonyl (C=O) groups is 1. The first kappa shape index (κ1) is 13.3. The lowest BCUT2D eigenvalue weighted by atomic mass is 10.1. The summed E-state index contributed by atoms with van der Waals surface area (Å²) in [5.74, 6) is -1.53. The molecule has 3 rings (SSSR count). The van der Waals surface area contributed by atoms with Crippen LogP contribution in [0.4, 0.5) is 8.78 Å². The van der Waals surface area contributed by atoms with Gasteiger partial charge in [-0.2, -0.15) is 0 Å². The maximum atomic E-state index is 13.2. The fraction of sp³-hybridized carbons (Fsp3) is 0.500. The largest absolute Gasteiger partial charge is 0.487 e. The summed E-state index contributed by atoms with van der Waals surface area (Å²) in [5, 5.41) is 3.31. The van der Waals surface area contributed by atoms with Crippen LogP contribution >= 0.6 is 0 Å². The smallest absolute Gasteiger partial charge is 0.219 e. The molecule has 2 aliphatic rings. The number of amides is 1. The highest BCUT2D eigenvalue weighted by atomic mass is 19.2. The van der Waals surface area contributed by atoms with Crippen LogP contribution in [0.15, 0.2) is 18.2 Å². The minimum atomic E-state index is -0.931. The van der Waals surface area contributed by atoms with Crippen molar-refractivity contribution in [2.75, 3.05) is 13.1 Å². The maximum Gasteiger partial charge on any atom is 0.219 e. The van der Waals surface area contributed by atoms with E-state index in [1.54, 1.807) is 4.90 Å². The van der Waals surface area contributed by atoms with Gasteiger partial charge in [-0.25, -0.2) is 8.78 Å². The molecule has 0 aromatic heterocycles. The highest BCUT2D eigenvalue weighted by molar-refractivity contribution is 5.74. The number of rotatable bonds is 2. The van der Waals surface area contributed by atoms with E-state index in [0.29, 0.717) is 6.54 Å². The summed E-state index contributed by atoms with van der Waals surface area (Å²) in [6.45, 7) is 2.84. The Balaban J connectivity index is 1.77. The van der Waals surface area contributed by atoms with Crippen molar-refractivity contribution in [2.24, 2.45) is 0 Å². The van der Waals surface area contributed by atoms with Crippen LogP contribution < -0.4 is 10.1 Å². The average Bonchev–Trinajstić information content (AvgIpc) is 2.97. The van der Waals surface area contributed by atoms with Crippen molar-refractivity contribution in [1.29, 1.82) is 0 Å². The highest BCUT2D eigenvalue weighted by Gasteiger charge is 2.46. The predicted molar refractivity (Wildman–Crippen MR) is 68.4 cm³/mol. The molecule has 0 aliphatic carbocycles. The van der Waals surface area contributed by atoms with E-state index in [-0.39, 0.29) is 29.8 Å². The fourth-order valence-corrected chi connectivity index (χ4v) is 3.08. The zero-order valence-electron chi connectivity index (χ0n) is 11.1. The average molecular weight is 282 g/mol. The third kappa shape index (κ3) is 2.24. The summed E-state index contributed by atoms with van der Waals surface area (Å²) in [5.41, 5.74) is 0. The number of likely N-dealkylation sites (tertiary alicyclic amines) is 1. The Morgan fingerprint density at radius 1 is 1.40 bits per heavy atom. The molecule has 3 atom stereocenters. The summed E-state index contributed by atoms with van der Waals surface area (Å²) in [6, 6.07) is 3.66. The molecule has 3 unspecified atom stereocenters. The van der Waals surface area contributed by atoms with E-state index < -0.39 is 11.6 Å². The molecule has 1 amide bonds. The second-order valence-corrected chi connectivity index (χ2v) is 5.24. The molecule has 1 aromatic rings. The molecule has 6 heteroatoms. The van der Waals surface area contributed by atoms with E-state index in [1.165, 1.54) is 13.0 Å². The predicted octanol–water partition coefficient (Wildman–Crippen LogP) is 1.30. The number of benzene rings is 1. The number of ether oxygens (including phenoxy) is 1. The number of nitrogens with zero attached hydrogens (tertiary/aromatic N) is 1. The summed E-state index contributed by atoms with van der Waals surface area (Å²) in [7, 11) is 0. The van der Waals surface area contributed by atoms with Gasteiger partial charge in [0.2, 0.25) is 5.91 Å². The van der Waals surface area contributed by atoms with Crippen molar-refractivity contribution >= 4 is 5.91 Å². The van der Waals surface area contributed by atoms with Crippen molar-refractivity contribution in [2.45, 2.75) is 31.5 Å². The first-order valence-electron chi connectivity index (χ1n) is 6.68. The molecular formula is C14H16F2N2O2. The second-order valence-electron chi connectivity index (χ2n) is 5.24. The summed E-state index contributed by atoms with van der Waals surface area (Å²) < 4.78 is 31.8. The van der Waals surface area contributed by atoms with Crippen LogP contribution in [-0.2, 0) is 4.79 Å². The molecule has 2 heterocycles. The molecule has 4 nitrogen and oxygen atoms in total. The number of halogens is 2. The topological polar surface area (TPSA) is 41.6 Å². The Labute approximate surface area is 115 Å². The van der Waals surface area contributed by atoms with Crippen molar-refractivity contribution in [3.8, 4) is 5.75 Å². The first-order chi connectivity index (χ1) is 9.56. The van der Waals surface area contributed by atoms with Gasteiger partial charge < -0.3 is 15.0 Å². The highest BCUT2D eigenvalue weighted by Crippen LogP contribution is 2.29. The fourth-order valence-electron chi connectivity index (χ4n) is 3.08. The van der Waals surface area contributed by atoms with Gasteiger partial charge in [0, 0.05) is 13.0 Å². The van der Waals surface area contributed by atoms with Crippen LogP contribution in [0.2, 0.25) is 0 Å². The maximum absolute atomic E-state index is 13.2. The van der Waals surface area contributed by atoms with Gasteiger partial charge in [0.15, 0.2) is 11.6 Å². The second kappa shape index (κ2) is 5.01. The van der Waals surface area contributed by atoms with Crippen molar-refractivity contribution in [3.05, 3.63) is 29.8 Å². The molecule has 1 aromatic carbocycles. The first-order valence-corrected chi connectivity index (χ1v) is 6.68. The molecule has 1 N–H and O–H groups in total. The molecule has 20 heavy (non-hydrogen) atoms. The lowest BCUT2D eigenvalue weighted by Crippen LogP contribution is -2.40. The van der Waals surface area contributed by atoms with Crippen LogP contribution in [0.5, 0.6) is 5.75 Å². The molecule has 2 aliphatic heterocycles. The Hall–Kier alpha value is -1.69. The minimum Gasteiger partial charge on any atom is -0.487 e. The van der Waals surface area contributed by atoms with E-state index in [4.69, 9.17) is 4.74 Å². The third-order valence-electron chi connectivity index (χ3n) is 4.00. The van der Waals surface area contributed by atoms with Gasteiger partial charge in [-0.05, 0) is 25.1 Å². The molecule has 0 bridgehead atoms. The van der Waals surface area contributed by atoms with Crippen molar-refractivity contribution in [1.82, 2.24) is 10.2 Å². The molecule has 0 spiro atoms. The van der Waals surface area contributed by atoms with Crippen LogP contribution in [0, 0.1) is 11.6 Å². The normalized spacial score (nSPS) is 28.6. The standard InChI is InChI=1S/C14H16F2N2O2/c1-8(19)18-7-13(14-12(18)4-5-17-14)20-9-2-3-10(15)11(16)6-9/h2-3,6,12-14,17H,4-5,7H2,1H3. The molecule has 108 valence electrons. The lowest BCUT2D eigenvalue weighted by Gasteiger charge is -2.20. The minimum absolute atomic E-state index is 0.0140. The van der Waals surface area contributed by atoms with Gasteiger partial charge in [0.1, 0.15) is 11.9 Å². The Kier molecular flexibility index (Phi) is 3.33. The van der Waals surface area contributed by atoms with Crippen molar-refractivity contribution in [3.63, 3.8) is 0 Å². The number of hydrogen-bond acceptors (Lipinski definition) is 3. The SMILES string of the molecule is CC(=O)N1CC(Oc2ccc(F)c(F)c2)C2NCCC21. The number of hydrogen-bond donors (Lipinski definition) is 1. The molecule has 2 saturated heterocycles. The van der Waals surface area contributed by atoms with Gasteiger partial charge in [0.25, 0.3) is 0 Å². The Morgan fingerprint density at radius 3 is 2.90 bits per heavy atom. The zero-order chi connectivity index (χ0) is 14.3. The van der Waals surface area contributed by atoms with Crippen LogP contribution in [0.3, 0.4) is 0 Å². The molecule has 0 radical (unpaired) electrons. The summed E-state index contributed by atoms with van der Waals surface area (Å²) in [4.78, 5) is 13.4. The van der Waals surface area contributed by atoms with Gasteiger partial charge in [0.05, 0.1) is 18.6 Å². The van der Waals surface area contributed by atoms with E-state index in [9.17, 15) is 13.6 Å². The molecule has 0 saturated carbocycles. The number of nitrogens with one attached hydrogen (secondary N) is 1. The van der Waals surface area contributed by atoms with Gasteiger partial charge >= 0.3 is 0 Å². The van der Waals surface area contributed by atoms with Crippen LogP contribution in [-0.4, -0.2) is 42.1 Å². The summed E-state index contributed by atoms with van der Waals surface area (Å²) in [6.07, 6.45) is 0.651. The molecular weight excluding hydrogens is 266 g/mol. The molecule has 2 fully saturated rings. The quantitative estimate of drug-likeness (QED) is 0.889. The van der Waals surface area contributed by atoms with Gasteiger partial charge in [-0.1, -0.05) is 0 Å². The van der Waals surface area contributed by atoms with E-state index in [0.717, 1.165) is 25.1 Å². The van der Waals surface area contributed by atoms with Gasteiger partial charge in [-0.15, -0.1) is 0 Å². The van der Waals surface area contributed by atoms with Gasteiger partial charge in [-0.3, -0.25) is 4.79 Å². The van der Waals surface area contributed by atoms with E-state index in [2.05, 4.69) is 5.32 Å². The number of carbonyl (C=O) groups excluding carboxylic acids is 1. The number of fused-ring (bicyclic) bond motifs is 1. The third-order valence-corrected chi connectivity index (χ3v) is 4.00. The summed E-state index contributed by atoms with van der Waals surface area (Å²) >= 11 is 0. The van der Waals surface area contributed by atoms with Crippen molar-refractivity contribution < 1.29 is 18.3 Å². The van der Waals surface area contributed by atoms with E-state index >= 15 is 0 Å². The Morgan fingerprint density at radius 2 is 2.20 bits per heavy atom. The van der Waals surface area contributed by atoms with Crippen LogP contribution in [0.1, 0.15) is 13.3 Å². The van der Waals surface area contributed by atoms with E-state index in [1.807, 2.05) is 0 Å². The lowest BCUT2D eigenvalue weighted by molar-refractivity contribution is -0.129. The van der Waals surface area contributed by atoms with Crippen LogP contribution in [0.25, 0.3) is 0 Å². The Bertz CT molecular complexity index is 538.